The summed E-state index contributed by atoms with van der Waals surface area (Å²) in [5.74, 6) is -1.27. The summed E-state index contributed by atoms with van der Waals surface area (Å²) in [6.45, 7) is 1.78. The number of aromatic nitrogens is 3. The number of anilines is 1. The molecule has 0 radical (unpaired) electrons. The first kappa shape index (κ1) is 19.0. The third kappa shape index (κ3) is 3.52. The summed E-state index contributed by atoms with van der Waals surface area (Å²) in [4.78, 5) is 4.53. The van der Waals surface area contributed by atoms with Crippen LogP contribution in [0, 0.1) is 6.92 Å². The molecule has 2 aromatic rings. The summed E-state index contributed by atoms with van der Waals surface area (Å²) in [5.41, 5.74) is 1.53. The maximum atomic E-state index is 13.1. The molecule has 0 unspecified atom stereocenters. The molecule has 6 nitrogen and oxygen atoms in total. The van der Waals surface area contributed by atoms with Crippen molar-refractivity contribution in [3.05, 3.63) is 29.1 Å². The minimum absolute atomic E-state index is 0.0615. The first-order valence-electron chi connectivity index (χ1n) is 7.70. The van der Waals surface area contributed by atoms with Crippen LogP contribution >= 0.6 is 10.7 Å². The third-order valence-electron chi connectivity index (χ3n) is 4.10. The zero-order valence-corrected chi connectivity index (χ0v) is 15.7. The van der Waals surface area contributed by atoms with Gasteiger partial charge < -0.3 is 4.90 Å². The molecule has 1 aromatic carbocycles. The lowest BCUT2D eigenvalue weighted by Gasteiger charge is -2.16. The van der Waals surface area contributed by atoms with Crippen LogP contribution in [0.1, 0.15) is 35.7 Å². The van der Waals surface area contributed by atoms with Crippen molar-refractivity contribution in [1.82, 2.24) is 14.8 Å². The molecule has 0 aliphatic heterocycles. The van der Waals surface area contributed by atoms with Gasteiger partial charge in [0.2, 0.25) is 5.95 Å². The predicted molar refractivity (Wildman–Crippen MR) is 90.4 cm³/mol. The molecule has 0 saturated heterocycles. The SMILES string of the molecule is Cc1cc(-n2nc(C(F)(F)F)nc2N(C)C)c(S(=O)(=O)Cl)cc1C1CC1. The molecule has 0 amide bonds. The van der Waals surface area contributed by atoms with Gasteiger partial charge in [-0.15, -0.1) is 5.10 Å². The quantitative estimate of drug-likeness (QED) is 0.725. The summed E-state index contributed by atoms with van der Waals surface area (Å²) in [7, 11) is 4.33. The number of halogens is 4. The van der Waals surface area contributed by atoms with E-state index < -0.39 is 21.1 Å². The topological polar surface area (TPSA) is 68.1 Å². The van der Waals surface area contributed by atoms with E-state index >= 15 is 0 Å². The Morgan fingerprint density at radius 3 is 2.35 bits per heavy atom. The number of hydrogen-bond acceptors (Lipinski definition) is 5. The van der Waals surface area contributed by atoms with E-state index in [-0.39, 0.29) is 22.4 Å². The average molecular weight is 409 g/mol. The van der Waals surface area contributed by atoms with Gasteiger partial charge >= 0.3 is 6.18 Å². The molecule has 1 aliphatic rings. The molecule has 1 fully saturated rings. The fraction of sp³-hybridized carbons (Fsp3) is 0.467. The minimum Gasteiger partial charge on any atom is -0.347 e. The molecule has 0 spiro atoms. The third-order valence-corrected chi connectivity index (χ3v) is 5.45. The first-order chi connectivity index (χ1) is 11.9. The minimum atomic E-state index is -4.76. The standard InChI is InChI=1S/C15H16ClF3N4O2S/c1-8-6-11(12(26(16,24)25)7-10(8)9-4-5-9)23-14(22(2)3)20-13(21-23)15(17,18)19/h6-7,9H,4-5H2,1-3H3. The van der Waals surface area contributed by atoms with Crippen molar-refractivity contribution in [3.63, 3.8) is 0 Å². The van der Waals surface area contributed by atoms with Crippen molar-refractivity contribution in [3.8, 4) is 5.69 Å². The van der Waals surface area contributed by atoms with Gasteiger partial charge in [-0.3, -0.25) is 0 Å². The Balaban J connectivity index is 2.29. The normalized spacial score (nSPS) is 15.3. The monoisotopic (exact) mass is 408 g/mol. The molecule has 142 valence electrons. The van der Waals surface area contributed by atoms with Gasteiger partial charge in [-0.05, 0) is 48.9 Å². The highest BCUT2D eigenvalue weighted by Gasteiger charge is 2.38. The highest BCUT2D eigenvalue weighted by atomic mass is 35.7. The van der Waals surface area contributed by atoms with E-state index in [1.807, 2.05) is 0 Å². The summed E-state index contributed by atoms with van der Waals surface area (Å²) < 4.78 is 64.2. The summed E-state index contributed by atoms with van der Waals surface area (Å²) >= 11 is 0. The second-order valence-electron chi connectivity index (χ2n) is 6.43. The van der Waals surface area contributed by atoms with E-state index in [0.717, 1.165) is 28.7 Å². The number of nitrogens with zero attached hydrogens (tertiary/aromatic N) is 4. The van der Waals surface area contributed by atoms with E-state index in [1.165, 1.54) is 31.1 Å². The molecule has 3 rings (SSSR count). The second kappa shape index (κ2) is 6.12. The highest BCUT2D eigenvalue weighted by molar-refractivity contribution is 8.13. The van der Waals surface area contributed by atoms with Crippen molar-refractivity contribution < 1.29 is 21.6 Å². The van der Waals surface area contributed by atoms with Gasteiger partial charge in [-0.25, -0.2) is 8.42 Å². The Morgan fingerprint density at radius 1 is 1.27 bits per heavy atom. The van der Waals surface area contributed by atoms with Gasteiger partial charge in [0.25, 0.3) is 14.9 Å². The predicted octanol–water partition coefficient (Wildman–Crippen LogP) is 3.47. The van der Waals surface area contributed by atoms with Crippen molar-refractivity contribution in [2.24, 2.45) is 0 Å². The van der Waals surface area contributed by atoms with E-state index in [0.29, 0.717) is 0 Å². The average Bonchev–Trinajstić information content (AvgIpc) is 3.21. The number of aryl methyl sites for hydroxylation is 1. The van der Waals surface area contributed by atoms with Crippen molar-refractivity contribution >= 4 is 25.7 Å². The summed E-state index contributed by atoms with van der Waals surface area (Å²) in [6, 6.07) is 2.92. The van der Waals surface area contributed by atoms with Crippen LogP contribution in [0.4, 0.5) is 19.1 Å². The highest BCUT2D eigenvalue weighted by Crippen LogP contribution is 2.44. The van der Waals surface area contributed by atoms with Crippen molar-refractivity contribution in [1.29, 1.82) is 0 Å². The largest absolute Gasteiger partial charge is 0.453 e. The first-order valence-corrected chi connectivity index (χ1v) is 10.0. The molecule has 1 aliphatic carbocycles. The van der Waals surface area contributed by atoms with Gasteiger partial charge in [0, 0.05) is 24.8 Å². The van der Waals surface area contributed by atoms with Gasteiger partial charge in [0.05, 0.1) is 5.69 Å². The van der Waals surface area contributed by atoms with E-state index in [2.05, 4.69) is 10.1 Å². The number of alkyl halides is 3. The molecule has 11 heteroatoms. The van der Waals surface area contributed by atoms with Crippen LogP contribution in [-0.4, -0.2) is 37.3 Å². The maximum Gasteiger partial charge on any atom is 0.453 e. The molecule has 0 N–H and O–H groups in total. The smallest absolute Gasteiger partial charge is 0.347 e. The Hall–Kier alpha value is -1.81. The zero-order chi connectivity index (χ0) is 19.4. The van der Waals surface area contributed by atoms with Crippen LogP contribution in [0.5, 0.6) is 0 Å². The summed E-state index contributed by atoms with van der Waals surface area (Å²) in [6.07, 6.45) is -2.89. The Labute approximate surface area is 153 Å². The maximum absolute atomic E-state index is 13.1. The van der Waals surface area contributed by atoms with Crippen LogP contribution in [0.2, 0.25) is 0 Å². The van der Waals surface area contributed by atoms with Crippen LogP contribution in [0.25, 0.3) is 5.69 Å². The molecular weight excluding hydrogens is 393 g/mol. The summed E-state index contributed by atoms with van der Waals surface area (Å²) in [5, 5.41) is 3.49. The zero-order valence-electron chi connectivity index (χ0n) is 14.2. The van der Waals surface area contributed by atoms with E-state index in [1.54, 1.807) is 6.92 Å². The molecule has 1 saturated carbocycles. The van der Waals surface area contributed by atoms with Crippen molar-refractivity contribution in [2.45, 2.75) is 36.8 Å². The fourth-order valence-electron chi connectivity index (χ4n) is 2.76. The molecular formula is C15H16ClF3N4O2S. The molecule has 0 atom stereocenters. The fourth-order valence-corrected chi connectivity index (χ4v) is 3.79. The number of benzene rings is 1. The van der Waals surface area contributed by atoms with Gasteiger partial charge in [-0.1, -0.05) is 0 Å². The lowest BCUT2D eigenvalue weighted by molar-refractivity contribution is -0.144. The Bertz CT molecular complexity index is 966. The molecule has 26 heavy (non-hydrogen) atoms. The van der Waals surface area contributed by atoms with E-state index in [9.17, 15) is 21.6 Å². The van der Waals surface area contributed by atoms with Crippen molar-refractivity contribution in [2.75, 3.05) is 19.0 Å². The van der Waals surface area contributed by atoms with Crippen LogP contribution in [0.3, 0.4) is 0 Å². The van der Waals surface area contributed by atoms with Gasteiger partial charge in [0.1, 0.15) is 4.90 Å². The number of hydrogen-bond donors (Lipinski definition) is 0. The van der Waals surface area contributed by atoms with Gasteiger partial charge in [0.15, 0.2) is 0 Å². The lowest BCUT2D eigenvalue weighted by Crippen LogP contribution is -2.16. The van der Waals surface area contributed by atoms with E-state index in [4.69, 9.17) is 10.7 Å². The Morgan fingerprint density at radius 2 is 1.88 bits per heavy atom. The van der Waals surface area contributed by atoms with Crippen LogP contribution in [0.15, 0.2) is 17.0 Å². The molecule has 1 aromatic heterocycles. The van der Waals surface area contributed by atoms with Crippen LogP contribution in [-0.2, 0) is 15.2 Å². The van der Waals surface area contributed by atoms with Gasteiger partial charge in [-0.2, -0.15) is 22.8 Å². The Kier molecular flexibility index (Phi) is 4.47. The lowest BCUT2D eigenvalue weighted by atomic mass is 10.0. The van der Waals surface area contributed by atoms with Crippen LogP contribution < -0.4 is 4.90 Å². The molecule has 0 bridgehead atoms. The second-order valence-corrected chi connectivity index (χ2v) is 8.96. The number of rotatable bonds is 4. The molecule has 1 heterocycles.